The minimum absolute atomic E-state index is 0.0611. The lowest BCUT2D eigenvalue weighted by atomic mass is 9.91. The molecule has 0 atom stereocenters. The number of nitrogens with two attached hydrogens (primary N) is 2. The summed E-state index contributed by atoms with van der Waals surface area (Å²) in [7, 11) is 0. The van der Waals surface area contributed by atoms with Crippen molar-refractivity contribution in [1.29, 1.82) is 0 Å². The monoisotopic (exact) mass is 380 g/mol. The zero-order valence-corrected chi connectivity index (χ0v) is 14.1. The van der Waals surface area contributed by atoms with Gasteiger partial charge in [-0.05, 0) is 89.0 Å². The first-order valence-electron chi connectivity index (χ1n) is 7.84. The molecule has 28 heavy (non-hydrogen) atoms. The highest BCUT2D eigenvalue weighted by Gasteiger charge is 2.32. The predicted molar refractivity (Wildman–Crippen MR) is 94.7 cm³/mol. The van der Waals surface area contributed by atoms with Gasteiger partial charge in [0.25, 0.3) is 0 Å². The van der Waals surface area contributed by atoms with E-state index in [1.807, 2.05) is 0 Å². The smallest absolute Gasteiger partial charge is 0.366 e. The molecule has 138 valence electrons. The Labute approximate surface area is 158 Å². The van der Waals surface area contributed by atoms with Gasteiger partial charge in [0.15, 0.2) is 0 Å². The fraction of sp³-hybridized carbons (Fsp3) is 0.0476. The van der Waals surface area contributed by atoms with Crippen LogP contribution in [0.4, 0.5) is 13.2 Å². The molecule has 3 aromatic rings. The van der Waals surface area contributed by atoms with Gasteiger partial charge in [0.1, 0.15) is 0 Å². The van der Waals surface area contributed by atoms with E-state index < -0.39 is 23.6 Å². The van der Waals surface area contributed by atoms with E-state index >= 15 is 0 Å². The van der Waals surface area contributed by atoms with E-state index in [-0.39, 0.29) is 33.4 Å². The summed E-state index contributed by atoms with van der Waals surface area (Å²) in [6.45, 7) is 0. The minimum Gasteiger partial charge on any atom is -0.366 e. The van der Waals surface area contributed by atoms with Crippen molar-refractivity contribution in [3.05, 3.63) is 83.4 Å². The first-order valence-corrected chi connectivity index (χ1v) is 7.84. The third kappa shape index (κ3) is 3.73. The van der Waals surface area contributed by atoms with Gasteiger partial charge in [0.2, 0.25) is 11.8 Å². The zero-order chi connectivity index (χ0) is 20.5. The van der Waals surface area contributed by atoms with Crippen LogP contribution in [0.15, 0.2) is 42.5 Å². The van der Waals surface area contributed by atoms with Gasteiger partial charge in [-0.1, -0.05) is 0 Å². The Hall–Kier alpha value is -3.61. The molecular formula is C21H11F3N2O2. The van der Waals surface area contributed by atoms with Crippen molar-refractivity contribution < 1.29 is 22.8 Å². The fourth-order valence-corrected chi connectivity index (χ4v) is 2.74. The Morgan fingerprint density at radius 1 is 0.786 bits per heavy atom. The van der Waals surface area contributed by atoms with E-state index in [2.05, 4.69) is 24.3 Å². The van der Waals surface area contributed by atoms with Crippen LogP contribution in [-0.4, -0.2) is 11.8 Å². The number of carbonyl (C=O) groups excluding carboxylic acids is 2. The van der Waals surface area contributed by atoms with Gasteiger partial charge in [0, 0.05) is 0 Å². The quantitative estimate of drug-likeness (QED) is 0.727. The van der Waals surface area contributed by atoms with E-state index in [0.717, 1.165) is 12.1 Å². The number of rotatable bonds is 4. The van der Waals surface area contributed by atoms with Crippen LogP contribution in [0.5, 0.6) is 0 Å². The third-order valence-electron chi connectivity index (χ3n) is 3.97. The van der Waals surface area contributed by atoms with Gasteiger partial charge < -0.3 is 11.5 Å². The molecule has 4 N–H and O–H groups in total. The number of hydrogen-bond donors (Lipinski definition) is 2. The molecule has 0 aromatic heterocycles. The minimum atomic E-state index is -4.67. The highest BCUT2D eigenvalue weighted by Crippen LogP contribution is 2.37. The molecule has 0 saturated carbocycles. The van der Waals surface area contributed by atoms with Crippen molar-refractivity contribution in [2.75, 3.05) is 0 Å². The molecule has 0 bridgehead atoms. The van der Waals surface area contributed by atoms with Crippen LogP contribution < -0.4 is 11.5 Å². The number of hydrogen-bond acceptors (Lipinski definition) is 2. The second kappa shape index (κ2) is 7.19. The molecule has 0 heterocycles. The van der Waals surface area contributed by atoms with Gasteiger partial charge in [-0.25, -0.2) is 0 Å². The summed E-state index contributed by atoms with van der Waals surface area (Å²) in [5, 5.41) is 0. The SMILES string of the molecule is NC(=O)c1[c]c[c]cc1-c1cc(-c2c[c]c[c]c2C(N)=O)cc(C(F)(F)F)c1. The van der Waals surface area contributed by atoms with Crippen LogP contribution in [0.2, 0.25) is 0 Å². The number of amides is 2. The summed E-state index contributed by atoms with van der Waals surface area (Å²) >= 11 is 0. The Balaban J connectivity index is 2.32. The van der Waals surface area contributed by atoms with E-state index in [0.29, 0.717) is 0 Å². The van der Waals surface area contributed by atoms with Gasteiger partial charge in [-0.15, -0.1) is 0 Å². The number of benzene rings is 3. The lowest BCUT2D eigenvalue weighted by molar-refractivity contribution is -0.137. The maximum Gasteiger partial charge on any atom is 0.416 e. The number of carbonyl (C=O) groups is 2. The van der Waals surface area contributed by atoms with Crippen LogP contribution in [-0.2, 0) is 6.18 Å². The van der Waals surface area contributed by atoms with Crippen molar-refractivity contribution in [3.63, 3.8) is 0 Å². The van der Waals surface area contributed by atoms with Gasteiger partial charge in [-0.2, -0.15) is 13.2 Å². The number of alkyl halides is 3. The molecule has 0 unspecified atom stereocenters. The third-order valence-corrected chi connectivity index (χ3v) is 3.97. The molecule has 0 aliphatic heterocycles. The Bertz CT molecular complexity index is 999. The summed E-state index contributed by atoms with van der Waals surface area (Å²) < 4.78 is 40.4. The Morgan fingerprint density at radius 3 is 1.57 bits per heavy atom. The van der Waals surface area contributed by atoms with E-state index in [4.69, 9.17) is 11.5 Å². The summed E-state index contributed by atoms with van der Waals surface area (Å²) in [6, 6.07) is 19.0. The van der Waals surface area contributed by atoms with Crippen LogP contribution in [0.3, 0.4) is 0 Å². The van der Waals surface area contributed by atoms with Crippen LogP contribution in [0.25, 0.3) is 22.3 Å². The second-order valence-electron chi connectivity index (χ2n) is 5.80. The lowest BCUT2D eigenvalue weighted by Gasteiger charge is -2.15. The molecule has 4 radical (unpaired) electrons. The molecule has 2 amide bonds. The van der Waals surface area contributed by atoms with Gasteiger partial charge in [0.05, 0.1) is 16.7 Å². The Kier molecular flexibility index (Phi) is 4.92. The van der Waals surface area contributed by atoms with Crippen molar-refractivity contribution in [2.24, 2.45) is 11.5 Å². The lowest BCUT2D eigenvalue weighted by Crippen LogP contribution is -2.13. The maximum absolute atomic E-state index is 13.5. The maximum atomic E-state index is 13.5. The van der Waals surface area contributed by atoms with Crippen LogP contribution in [0, 0.1) is 24.3 Å². The molecule has 0 aliphatic carbocycles. The normalized spacial score (nSPS) is 11.2. The van der Waals surface area contributed by atoms with Crippen molar-refractivity contribution in [1.82, 2.24) is 0 Å². The number of primary amides is 2. The molecule has 0 spiro atoms. The Morgan fingerprint density at radius 2 is 1.21 bits per heavy atom. The molecule has 7 heteroatoms. The molecule has 0 fully saturated rings. The van der Waals surface area contributed by atoms with E-state index in [1.54, 1.807) is 0 Å². The zero-order valence-electron chi connectivity index (χ0n) is 14.1. The molecular weight excluding hydrogens is 369 g/mol. The summed E-state index contributed by atoms with van der Waals surface area (Å²) in [5.74, 6) is -1.69. The van der Waals surface area contributed by atoms with E-state index in [1.165, 1.54) is 30.3 Å². The topological polar surface area (TPSA) is 86.2 Å². The average molecular weight is 380 g/mol. The fourth-order valence-electron chi connectivity index (χ4n) is 2.74. The average Bonchev–Trinajstić information content (AvgIpc) is 2.67. The second-order valence-corrected chi connectivity index (χ2v) is 5.80. The van der Waals surface area contributed by atoms with Crippen LogP contribution in [0.1, 0.15) is 26.3 Å². The molecule has 0 aliphatic rings. The molecule has 3 aromatic carbocycles. The van der Waals surface area contributed by atoms with Crippen molar-refractivity contribution in [2.45, 2.75) is 6.18 Å². The first kappa shape index (κ1) is 19.2. The summed E-state index contributed by atoms with van der Waals surface area (Å²) in [6.07, 6.45) is -4.67. The van der Waals surface area contributed by atoms with Gasteiger partial charge >= 0.3 is 6.18 Å². The first-order chi connectivity index (χ1) is 13.2. The molecule has 0 saturated heterocycles. The van der Waals surface area contributed by atoms with Crippen LogP contribution >= 0.6 is 0 Å². The summed E-state index contributed by atoms with van der Waals surface area (Å²) in [5.41, 5.74) is 9.88. The number of halogens is 3. The standard InChI is InChI=1S/C21H11F3N2O2/c22-21(23,24)14-10-12(15-5-1-3-7-17(15)19(25)27)9-13(11-14)16-6-2-4-8-18(16)20(26)28/h3-6,9-11H,(H2,25,27)(H2,26,28). The largest absolute Gasteiger partial charge is 0.416 e. The predicted octanol–water partition coefficient (Wildman–Crippen LogP) is 3.44. The highest BCUT2D eigenvalue weighted by atomic mass is 19.4. The van der Waals surface area contributed by atoms with Gasteiger partial charge in [-0.3, -0.25) is 9.59 Å². The molecule has 4 nitrogen and oxygen atoms in total. The highest BCUT2D eigenvalue weighted by molar-refractivity contribution is 6.01. The van der Waals surface area contributed by atoms with Crippen molar-refractivity contribution >= 4 is 11.8 Å². The van der Waals surface area contributed by atoms with E-state index in [9.17, 15) is 22.8 Å². The van der Waals surface area contributed by atoms with Crippen molar-refractivity contribution in [3.8, 4) is 22.3 Å². The molecule has 3 rings (SSSR count). The summed E-state index contributed by atoms with van der Waals surface area (Å²) in [4.78, 5) is 23.3.